The molecule has 2 aliphatic rings. The number of aliphatic hydroxyl groups excluding tert-OH is 1. The molecule has 0 spiro atoms. The number of amides is 1. The second kappa shape index (κ2) is 8.71. The number of β-amino-alcohol motifs (C(OH)–C–C–N with tert-alkyl or cyclic N) is 1. The number of carbonyl (C=O) groups is 1. The molecule has 4 rings (SSSR count). The summed E-state index contributed by atoms with van der Waals surface area (Å²) in [6.45, 7) is 3.07. The monoisotopic (exact) mass is 402 g/mol. The van der Waals surface area contributed by atoms with Crippen molar-refractivity contribution in [2.24, 2.45) is 0 Å². The highest BCUT2D eigenvalue weighted by molar-refractivity contribution is 7.10. The molecule has 2 N–H and O–H groups in total. The van der Waals surface area contributed by atoms with Crippen LogP contribution in [0.25, 0.3) is 0 Å². The Morgan fingerprint density at radius 1 is 1.21 bits per heavy atom. The second-order valence-corrected chi connectivity index (χ2v) is 8.37. The SMILES string of the molecule is O=C(Cc1cccs1)N[C@@]1(c2ccccc2)CCN(CC2OCCO2)C[C@H]1O. The van der Waals surface area contributed by atoms with Gasteiger partial charge in [0.25, 0.3) is 0 Å². The summed E-state index contributed by atoms with van der Waals surface area (Å²) in [5.41, 5.74) is 0.152. The first-order chi connectivity index (χ1) is 13.7. The third-order valence-electron chi connectivity index (χ3n) is 5.49. The topological polar surface area (TPSA) is 71.0 Å². The summed E-state index contributed by atoms with van der Waals surface area (Å²) in [5, 5.41) is 16.3. The summed E-state index contributed by atoms with van der Waals surface area (Å²) in [5.74, 6) is -0.0683. The van der Waals surface area contributed by atoms with Crippen molar-refractivity contribution >= 4 is 17.2 Å². The van der Waals surface area contributed by atoms with Crippen molar-refractivity contribution < 1.29 is 19.4 Å². The van der Waals surface area contributed by atoms with Gasteiger partial charge in [-0.1, -0.05) is 36.4 Å². The number of nitrogens with one attached hydrogen (secondary N) is 1. The molecule has 0 saturated carbocycles. The Labute approximate surface area is 169 Å². The summed E-state index contributed by atoms with van der Waals surface area (Å²) in [4.78, 5) is 16.0. The van der Waals surface area contributed by atoms with Crippen LogP contribution in [0.2, 0.25) is 0 Å². The van der Waals surface area contributed by atoms with Gasteiger partial charge in [0.05, 0.1) is 31.3 Å². The molecule has 6 nitrogen and oxygen atoms in total. The van der Waals surface area contributed by atoms with Crippen LogP contribution in [0, 0.1) is 0 Å². The number of benzene rings is 1. The average Bonchev–Trinajstić information content (AvgIpc) is 3.39. The first-order valence-corrected chi connectivity index (χ1v) is 10.6. The van der Waals surface area contributed by atoms with Crippen LogP contribution in [-0.4, -0.2) is 61.2 Å². The molecule has 2 fully saturated rings. The number of hydrogen-bond donors (Lipinski definition) is 2. The van der Waals surface area contributed by atoms with Crippen molar-refractivity contribution in [1.29, 1.82) is 0 Å². The van der Waals surface area contributed by atoms with Crippen molar-refractivity contribution in [2.45, 2.75) is 30.8 Å². The number of ether oxygens (including phenoxy) is 2. The molecule has 28 heavy (non-hydrogen) atoms. The van der Waals surface area contributed by atoms with Crippen LogP contribution in [-0.2, 0) is 26.2 Å². The molecule has 2 aromatic rings. The maximum atomic E-state index is 12.8. The number of nitrogens with zero attached hydrogens (tertiary/aromatic N) is 1. The van der Waals surface area contributed by atoms with Gasteiger partial charge >= 0.3 is 0 Å². The number of aliphatic hydroxyl groups is 1. The largest absolute Gasteiger partial charge is 0.389 e. The van der Waals surface area contributed by atoms with Crippen molar-refractivity contribution in [3.05, 3.63) is 58.3 Å². The summed E-state index contributed by atoms with van der Waals surface area (Å²) in [7, 11) is 0. The molecule has 0 radical (unpaired) electrons. The zero-order valence-corrected chi connectivity index (χ0v) is 16.6. The summed E-state index contributed by atoms with van der Waals surface area (Å²) >= 11 is 1.57. The van der Waals surface area contributed by atoms with Crippen LogP contribution in [0.4, 0.5) is 0 Å². The third-order valence-corrected chi connectivity index (χ3v) is 6.36. The number of likely N-dealkylation sites (tertiary alicyclic amines) is 1. The molecule has 1 aromatic heterocycles. The molecule has 0 unspecified atom stereocenters. The van der Waals surface area contributed by atoms with Gasteiger partial charge in [0.1, 0.15) is 0 Å². The Balaban J connectivity index is 1.50. The van der Waals surface area contributed by atoms with Crippen LogP contribution < -0.4 is 5.32 Å². The normalized spacial score (nSPS) is 26.4. The van der Waals surface area contributed by atoms with Gasteiger partial charge in [-0.15, -0.1) is 11.3 Å². The third kappa shape index (κ3) is 4.29. The molecule has 2 atom stereocenters. The fraction of sp³-hybridized carbons (Fsp3) is 0.476. The standard InChI is InChI=1S/C21H26N2O4S/c24-18-14-23(15-20-26-10-11-27-20)9-8-21(18,16-5-2-1-3-6-16)22-19(25)13-17-7-4-12-28-17/h1-7,12,18,20,24H,8-11,13-15H2,(H,22,25)/t18-,21-/m1/s1. The van der Waals surface area contributed by atoms with Crippen LogP contribution >= 0.6 is 11.3 Å². The minimum absolute atomic E-state index is 0.0683. The number of piperidine rings is 1. The number of carbonyl (C=O) groups excluding carboxylic acids is 1. The molecule has 7 heteroatoms. The molecule has 150 valence electrons. The Hall–Kier alpha value is -1.77. The Kier molecular flexibility index (Phi) is 6.08. The Bertz CT molecular complexity index is 764. The highest BCUT2D eigenvalue weighted by atomic mass is 32.1. The van der Waals surface area contributed by atoms with Gasteiger partial charge in [-0.05, 0) is 23.4 Å². The molecular weight excluding hydrogens is 376 g/mol. The van der Waals surface area contributed by atoms with Crippen molar-refractivity contribution in [3.8, 4) is 0 Å². The maximum Gasteiger partial charge on any atom is 0.226 e. The van der Waals surface area contributed by atoms with E-state index in [-0.39, 0.29) is 12.2 Å². The molecule has 1 amide bonds. The van der Waals surface area contributed by atoms with E-state index in [1.807, 2.05) is 47.8 Å². The zero-order chi connectivity index (χ0) is 19.4. The quantitative estimate of drug-likeness (QED) is 0.770. The zero-order valence-electron chi connectivity index (χ0n) is 15.8. The first-order valence-electron chi connectivity index (χ1n) is 9.68. The molecular formula is C21H26N2O4S. The molecule has 2 saturated heterocycles. The van der Waals surface area contributed by atoms with Crippen LogP contribution in [0.3, 0.4) is 0 Å². The maximum absolute atomic E-state index is 12.8. The smallest absolute Gasteiger partial charge is 0.226 e. The lowest BCUT2D eigenvalue weighted by atomic mass is 9.78. The van der Waals surface area contributed by atoms with E-state index in [0.29, 0.717) is 39.1 Å². The predicted octanol–water partition coefficient (Wildman–Crippen LogP) is 1.74. The predicted molar refractivity (Wildman–Crippen MR) is 107 cm³/mol. The van der Waals surface area contributed by atoms with Gasteiger partial charge in [0, 0.05) is 24.5 Å². The van der Waals surface area contributed by atoms with E-state index in [1.165, 1.54) is 0 Å². The van der Waals surface area contributed by atoms with E-state index in [9.17, 15) is 9.90 Å². The summed E-state index contributed by atoms with van der Waals surface area (Å²) < 4.78 is 11.1. The minimum Gasteiger partial charge on any atom is -0.389 e. The van der Waals surface area contributed by atoms with Gasteiger partial charge in [-0.25, -0.2) is 0 Å². The van der Waals surface area contributed by atoms with Gasteiger partial charge < -0.3 is 19.9 Å². The fourth-order valence-electron chi connectivity index (χ4n) is 4.04. The first kappa shape index (κ1) is 19.5. The van der Waals surface area contributed by atoms with E-state index in [4.69, 9.17) is 9.47 Å². The highest BCUT2D eigenvalue weighted by Crippen LogP contribution is 2.34. The van der Waals surface area contributed by atoms with E-state index < -0.39 is 11.6 Å². The Morgan fingerprint density at radius 2 is 2.00 bits per heavy atom. The van der Waals surface area contributed by atoms with Crippen LogP contribution in [0.1, 0.15) is 16.9 Å². The molecule has 0 aliphatic carbocycles. The average molecular weight is 403 g/mol. The molecule has 3 heterocycles. The molecule has 1 aromatic carbocycles. The van der Waals surface area contributed by atoms with E-state index >= 15 is 0 Å². The minimum atomic E-state index is -0.788. The van der Waals surface area contributed by atoms with E-state index in [1.54, 1.807) is 11.3 Å². The van der Waals surface area contributed by atoms with Gasteiger partial charge in [0.15, 0.2) is 6.29 Å². The highest BCUT2D eigenvalue weighted by Gasteiger charge is 2.45. The molecule has 0 bridgehead atoms. The van der Waals surface area contributed by atoms with E-state index in [0.717, 1.165) is 17.0 Å². The van der Waals surface area contributed by atoms with Crippen molar-refractivity contribution in [1.82, 2.24) is 10.2 Å². The number of rotatable bonds is 6. The van der Waals surface area contributed by atoms with Crippen molar-refractivity contribution in [2.75, 3.05) is 32.8 Å². The van der Waals surface area contributed by atoms with E-state index in [2.05, 4.69) is 10.2 Å². The van der Waals surface area contributed by atoms with Crippen LogP contribution in [0.15, 0.2) is 47.8 Å². The fourth-order valence-corrected chi connectivity index (χ4v) is 4.74. The summed E-state index contributed by atoms with van der Waals surface area (Å²) in [6.07, 6.45) is -0.00441. The lowest BCUT2D eigenvalue weighted by molar-refractivity contribution is -0.128. The molecule has 2 aliphatic heterocycles. The van der Waals surface area contributed by atoms with Gasteiger partial charge in [-0.3, -0.25) is 9.69 Å². The van der Waals surface area contributed by atoms with Gasteiger partial charge in [0.2, 0.25) is 5.91 Å². The van der Waals surface area contributed by atoms with Crippen LogP contribution in [0.5, 0.6) is 0 Å². The Morgan fingerprint density at radius 3 is 2.68 bits per heavy atom. The number of hydrogen-bond acceptors (Lipinski definition) is 6. The van der Waals surface area contributed by atoms with Gasteiger partial charge in [-0.2, -0.15) is 0 Å². The van der Waals surface area contributed by atoms with Crippen molar-refractivity contribution in [3.63, 3.8) is 0 Å². The second-order valence-electron chi connectivity index (χ2n) is 7.34. The summed E-state index contributed by atoms with van der Waals surface area (Å²) in [6, 6.07) is 13.7. The number of thiophene rings is 1. The lowest BCUT2D eigenvalue weighted by Crippen LogP contribution is -2.62. The lowest BCUT2D eigenvalue weighted by Gasteiger charge is -2.46.